The lowest BCUT2D eigenvalue weighted by atomic mass is 10.1. The molecule has 80 valence electrons. The molecule has 1 aliphatic rings. The van der Waals surface area contributed by atoms with E-state index in [9.17, 15) is 9.59 Å². The lowest BCUT2D eigenvalue weighted by Crippen LogP contribution is -2.41. The molecule has 0 spiro atoms. The predicted octanol–water partition coefficient (Wildman–Crippen LogP) is 0.145. The molecule has 0 radical (unpaired) electrons. The summed E-state index contributed by atoms with van der Waals surface area (Å²) in [7, 11) is 0. The number of carboxylic acids is 1. The van der Waals surface area contributed by atoms with Crippen molar-refractivity contribution in [2.45, 2.75) is 38.3 Å². The Kier molecular flexibility index (Phi) is 3.88. The van der Waals surface area contributed by atoms with Gasteiger partial charge in [-0.2, -0.15) is 0 Å². The normalized spacial score (nSPS) is 23.1. The molecule has 1 fully saturated rings. The summed E-state index contributed by atoms with van der Waals surface area (Å²) in [5.74, 6) is -1.33. The van der Waals surface area contributed by atoms with Gasteiger partial charge < -0.3 is 15.2 Å². The third-order valence-electron chi connectivity index (χ3n) is 2.20. The zero-order chi connectivity index (χ0) is 10.6. The number of rotatable bonds is 4. The van der Waals surface area contributed by atoms with Crippen molar-refractivity contribution in [3.8, 4) is 0 Å². The highest BCUT2D eigenvalue weighted by molar-refractivity contribution is 5.82. The van der Waals surface area contributed by atoms with Crippen LogP contribution in [-0.2, 0) is 14.3 Å². The smallest absolute Gasteiger partial charge is 0.326 e. The first-order valence-electron chi connectivity index (χ1n) is 4.71. The molecule has 1 amide bonds. The molecule has 0 aliphatic carbocycles. The van der Waals surface area contributed by atoms with Crippen molar-refractivity contribution in [1.82, 2.24) is 5.32 Å². The fourth-order valence-corrected chi connectivity index (χ4v) is 1.56. The highest BCUT2D eigenvalue weighted by atomic mass is 16.5. The number of aliphatic carboxylic acids is 1. The van der Waals surface area contributed by atoms with E-state index in [1.807, 2.05) is 0 Å². The van der Waals surface area contributed by atoms with E-state index in [1.54, 1.807) is 0 Å². The van der Waals surface area contributed by atoms with E-state index >= 15 is 0 Å². The van der Waals surface area contributed by atoms with Crippen molar-refractivity contribution in [2.75, 3.05) is 6.61 Å². The summed E-state index contributed by atoms with van der Waals surface area (Å²) in [6.07, 6.45) is 2.18. The zero-order valence-corrected chi connectivity index (χ0v) is 8.16. The van der Waals surface area contributed by atoms with Crippen LogP contribution in [0.25, 0.3) is 0 Å². The standard InChI is InChI=1S/C9H15NO4/c1-6(11)10-8(9(12)13)5-7-3-2-4-14-7/h7-8H,2-5H2,1H3,(H,10,11)(H,12,13)/t7-,8-/m1/s1. The van der Waals surface area contributed by atoms with Crippen LogP contribution in [0, 0.1) is 0 Å². The third-order valence-corrected chi connectivity index (χ3v) is 2.20. The zero-order valence-electron chi connectivity index (χ0n) is 8.16. The Morgan fingerprint density at radius 3 is 2.79 bits per heavy atom. The maximum atomic E-state index is 10.8. The highest BCUT2D eigenvalue weighted by Crippen LogP contribution is 2.16. The van der Waals surface area contributed by atoms with E-state index in [-0.39, 0.29) is 12.0 Å². The summed E-state index contributed by atoms with van der Waals surface area (Å²) in [5.41, 5.74) is 0. The molecule has 0 aromatic heterocycles. The number of carbonyl (C=O) groups excluding carboxylic acids is 1. The Bertz CT molecular complexity index is 223. The van der Waals surface area contributed by atoms with Gasteiger partial charge >= 0.3 is 5.97 Å². The summed E-state index contributed by atoms with van der Waals surface area (Å²) in [6, 6.07) is -0.824. The Balaban J connectivity index is 2.41. The van der Waals surface area contributed by atoms with Crippen LogP contribution in [0.3, 0.4) is 0 Å². The van der Waals surface area contributed by atoms with Crippen molar-refractivity contribution in [2.24, 2.45) is 0 Å². The minimum absolute atomic E-state index is 0.0250. The molecule has 2 N–H and O–H groups in total. The Labute approximate surface area is 82.4 Å². The van der Waals surface area contributed by atoms with Crippen molar-refractivity contribution in [3.63, 3.8) is 0 Å². The van der Waals surface area contributed by atoms with E-state index < -0.39 is 12.0 Å². The SMILES string of the molecule is CC(=O)N[C@H](C[C@H]1CCCO1)C(=O)O. The molecular weight excluding hydrogens is 186 g/mol. The van der Waals surface area contributed by atoms with Gasteiger partial charge in [-0.3, -0.25) is 4.79 Å². The average Bonchev–Trinajstić information content (AvgIpc) is 2.54. The molecule has 1 rings (SSSR count). The molecule has 1 aliphatic heterocycles. The number of carbonyl (C=O) groups is 2. The molecule has 2 atom stereocenters. The summed E-state index contributed by atoms with van der Waals surface area (Å²) >= 11 is 0. The molecular formula is C9H15NO4. The highest BCUT2D eigenvalue weighted by Gasteiger charge is 2.25. The van der Waals surface area contributed by atoms with Gasteiger partial charge in [0.15, 0.2) is 0 Å². The fraction of sp³-hybridized carbons (Fsp3) is 0.778. The number of hydrogen-bond donors (Lipinski definition) is 2. The van der Waals surface area contributed by atoms with Gasteiger partial charge in [0.1, 0.15) is 6.04 Å². The van der Waals surface area contributed by atoms with E-state index in [1.165, 1.54) is 6.92 Å². The topological polar surface area (TPSA) is 75.6 Å². The molecule has 1 heterocycles. The summed E-state index contributed by atoms with van der Waals surface area (Å²) in [6.45, 7) is 2.00. The maximum Gasteiger partial charge on any atom is 0.326 e. The molecule has 0 aromatic rings. The van der Waals surface area contributed by atoms with Crippen LogP contribution in [-0.4, -0.2) is 35.7 Å². The molecule has 0 saturated carbocycles. The monoisotopic (exact) mass is 201 g/mol. The second-order valence-corrected chi connectivity index (χ2v) is 3.46. The first-order chi connectivity index (χ1) is 6.59. The van der Waals surface area contributed by atoms with Gasteiger partial charge in [-0.05, 0) is 12.8 Å². The number of hydrogen-bond acceptors (Lipinski definition) is 3. The van der Waals surface area contributed by atoms with E-state index in [4.69, 9.17) is 9.84 Å². The number of nitrogens with one attached hydrogen (secondary N) is 1. The van der Waals surface area contributed by atoms with Crippen LogP contribution in [0.5, 0.6) is 0 Å². The Morgan fingerprint density at radius 1 is 1.64 bits per heavy atom. The lowest BCUT2D eigenvalue weighted by Gasteiger charge is -2.16. The minimum atomic E-state index is -1.00. The van der Waals surface area contributed by atoms with Gasteiger partial charge in [0.05, 0.1) is 6.10 Å². The minimum Gasteiger partial charge on any atom is -0.480 e. The van der Waals surface area contributed by atoms with E-state index in [0.717, 1.165) is 12.8 Å². The van der Waals surface area contributed by atoms with Crippen LogP contribution in [0.4, 0.5) is 0 Å². The second-order valence-electron chi connectivity index (χ2n) is 3.46. The third kappa shape index (κ3) is 3.33. The van der Waals surface area contributed by atoms with Crippen LogP contribution >= 0.6 is 0 Å². The molecule has 5 heteroatoms. The van der Waals surface area contributed by atoms with Crippen LogP contribution in [0.15, 0.2) is 0 Å². The number of amides is 1. The average molecular weight is 201 g/mol. The van der Waals surface area contributed by atoms with Gasteiger partial charge in [0.25, 0.3) is 0 Å². The van der Waals surface area contributed by atoms with Crippen LogP contribution in [0.2, 0.25) is 0 Å². The van der Waals surface area contributed by atoms with E-state index in [0.29, 0.717) is 13.0 Å². The maximum absolute atomic E-state index is 10.8. The van der Waals surface area contributed by atoms with Gasteiger partial charge in [-0.1, -0.05) is 0 Å². The van der Waals surface area contributed by atoms with Crippen molar-refractivity contribution in [1.29, 1.82) is 0 Å². The summed E-state index contributed by atoms with van der Waals surface area (Å²) < 4.78 is 5.30. The van der Waals surface area contributed by atoms with Gasteiger partial charge in [-0.25, -0.2) is 4.79 Å². The van der Waals surface area contributed by atoms with Crippen molar-refractivity contribution in [3.05, 3.63) is 0 Å². The second kappa shape index (κ2) is 4.95. The van der Waals surface area contributed by atoms with Crippen molar-refractivity contribution < 1.29 is 19.4 Å². The van der Waals surface area contributed by atoms with Gasteiger partial charge in [0.2, 0.25) is 5.91 Å². The molecule has 1 saturated heterocycles. The molecule has 0 unspecified atom stereocenters. The predicted molar refractivity (Wildman–Crippen MR) is 48.8 cm³/mol. The van der Waals surface area contributed by atoms with Gasteiger partial charge in [-0.15, -0.1) is 0 Å². The molecule has 0 aromatic carbocycles. The van der Waals surface area contributed by atoms with Crippen LogP contribution in [0.1, 0.15) is 26.2 Å². The fourth-order valence-electron chi connectivity index (χ4n) is 1.56. The number of ether oxygens (including phenoxy) is 1. The Hall–Kier alpha value is -1.10. The van der Waals surface area contributed by atoms with Crippen molar-refractivity contribution >= 4 is 11.9 Å². The first kappa shape index (κ1) is 11.0. The van der Waals surface area contributed by atoms with Gasteiger partial charge in [0, 0.05) is 20.0 Å². The molecule has 0 bridgehead atoms. The van der Waals surface area contributed by atoms with E-state index in [2.05, 4.69) is 5.32 Å². The summed E-state index contributed by atoms with van der Waals surface area (Å²) in [5, 5.41) is 11.2. The quantitative estimate of drug-likeness (QED) is 0.678. The van der Waals surface area contributed by atoms with Crippen LogP contribution < -0.4 is 5.32 Å². The largest absolute Gasteiger partial charge is 0.480 e. The first-order valence-corrected chi connectivity index (χ1v) is 4.71. The molecule has 14 heavy (non-hydrogen) atoms. The molecule has 5 nitrogen and oxygen atoms in total. The number of carboxylic acid groups (broad SMARTS) is 1. The lowest BCUT2D eigenvalue weighted by molar-refractivity contribution is -0.142. The summed E-state index contributed by atoms with van der Waals surface area (Å²) in [4.78, 5) is 21.5. The Morgan fingerprint density at radius 2 is 2.36 bits per heavy atom.